The van der Waals surface area contributed by atoms with Gasteiger partial charge in [-0.15, -0.1) is 6.58 Å². The Balaban J connectivity index is 1.83. The first-order chi connectivity index (χ1) is 10.1. The summed E-state index contributed by atoms with van der Waals surface area (Å²) in [6.45, 7) is 7.68. The molecule has 0 aromatic heterocycles. The number of carbonyl (C=O) groups is 1. The van der Waals surface area contributed by atoms with E-state index in [1.54, 1.807) is 23.1 Å². The summed E-state index contributed by atoms with van der Waals surface area (Å²) in [5.41, 5.74) is 0. The highest BCUT2D eigenvalue weighted by molar-refractivity contribution is 6.42. The van der Waals surface area contributed by atoms with Crippen molar-refractivity contribution in [2.24, 2.45) is 0 Å². The van der Waals surface area contributed by atoms with E-state index in [1.165, 1.54) is 0 Å². The number of hydrogen-bond acceptors (Lipinski definition) is 3. The SMILES string of the molecule is C=CCN1CCN(C(=O)COc2cccc(Cl)c2Cl)CC1. The van der Waals surface area contributed by atoms with Crippen molar-refractivity contribution in [3.05, 3.63) is 40.9 Å². The minimum absolute atomic E-state index is 0.0263. The van der Waals surface area contributed by atoms with Crippen LogP contribution in [0.1, 0.15) is 0 Å². The lowest BCUT2D eigenvalue weighted by atomic mass is 10.3. The molecule has 0 bridgehead atoms. The van der Waals surface area contributed by atoms with Crippen LogP contribution in [0.4, 0.5) is 0 Å². The molecule has 21 heavy (non-hydrogen) atoms. The lowest BCUT2D eigenvalue weighted by molar-refractivity contribution is -0.135. The van der Waals surface area contributed by atoms with Gasteiger partial charge in [-0.3, -0.25) is 9.69 Å². The number of halogens is 2. The normalized spacial score (nSPS) is 15.8. The Hall–Kier alpha value is -1.23. The Morgan fingerprint density at radius 3 is 2.67 bits per heavy atom. The molecule has 0 aliphatic carbocycles. The number of benzene rings is 1. The zero-order chi connectivity index (χ0) is 15.2. The second kappa shape index (κ2) is 7.69. The minimum atomic E-state index is -0.0377. The standard InChI is InChI=1S/C15H18Cl2N2O2/c1-2-6-18-7-9-19(10-8-18)14(20)11-21-13-5-3-4-12(16)15(13)17/h2-5H,1,6-11H2. The van der Waals surface area contributed by atoms with Crippen LogP contribution in [-0.2, 0) is 4.79 Å². The molecule has 0 atom stereocenters. The largest absolute Gasteiger partial charge is 0.482 e. The van der Waals surface area contributed by atoms with Crippen LogP contribution in [0.3, 0.4) is 0 Å². The van der Waals surface area contributed by atoms with Gasteiger partial charge in [-0.2, -0.15) is 0 Å². The van der Waals surface area contributed by atoms with Crippen LogP contribution in [0.2, 0.25) is 10.0 Å². The molecule has 0 N–H and O–H groups in total. The molecule has 0 radical (unpaired) electrons. The van der Waals surface area contributed by atoms with Gasteiger partial charge in [-0.05, 0) is 12.1 Å². The van der Waals surface area contributed by atoms with Gasteiger partial charge in [-0.25, -0.2) is 0 Å². The zero-order valence-corrected chi connectivity index (χ0v) is 13.2. The Labute approximate surface area is 134 Å². The third-order valence-electron chi connectivity index (χ3n) is 3.38. The number of ether oxygens (including phenoxy) is 1. The molecule has 1 aliphatic rings. The Morgan fingerprint density at radius 2 is 2.00 bits per heavy atom. The lowest BCUT2D eigenvalue weighted by Crippen LogP contribution is -2.49. The first kappa shape index (κ1) is 16.1. The van der Waals surface area contributed by atoms with E-state index in [9.17, 15) is 4.79 Å². The lowest BCUT2D eigenvalue weighted by Gasteiger charge is -2.34. The van der Waals surface area contributed by atoms with Crippen LogP contribution in [0.25, 0.3) is 0 Å². The molecule has 1 aromatic carbocycles. The second-order valence-electron chi connectivity index (χ2n) is 4.81. The van der Waals surface area contributed by atoms with Gasteiger partial charge in [0, 0.05) is 32.7 Å². The highest BCUT2D eigenvalue weighted by Crippen LogP contribution is 2.31. The maximum absolute atomic E-state index is 12.1. The van der Waals surface area contributed by atoms with Crippen LogP contribution < -0.4 is 4.74 Å². The van der Waals surface area contributed by atoms with Crippen LogP contribution in [0.15, 0.2) is 30.9 Å². The van der Waals surface area contributed by atoms with E-state index in [2.05, 4.69) is 11.5 Å². The van der Waals surface area contributed by atoms with Gasteiger partial charge in [0.2, 0.25) is 0 Å². The predicted molar refractivity (Wildman–Crippen MR) is 85.2 cm³/mol. The fraction of sp³-hybridized carbons (Fsp3) is 0.400. The topological polar surface area (TPSA) is 32.8 Å². The Morgan fingerprint density at radius 1 is 1.29 bits per heavy atom. The van der Waals surface area contributed by atoms with E-state index in [-0.39, 0.29) is 12.5 Å². The zero-order valence-electron chi connectivity index (χ0n) is 11.7. The van der Waals surface area contributed by atoms with Gasteiger partial charge in [0.25, 0.3) is 5.91 Å². The van der Waals surface area contributed by atoms with E-state index in [0.717, 1.165) is 19.6 Å². The molecule has 1 aliphatic heterocycles. The van der Waals surface area contributed by atoms with Crippen LogP contribution in [0.5, 0.6) is 5.75 Å². The molecule has 0 saturated carbocycles. The summed E-state index contributed by atoms with van der Waals surface area (Å²) in [6.07, 6.45) is 1.88. The van der Waals surface area contributed by atoms with Crippen molar-refractivity contribution >= 4 is 29.1 Å². The van der Waals surface area contributed by atoms with Crippen molar-refractivity contribution in [2.45, 2.75) is 0 Å². The number of rotatable bonds is 5. The number of carbonyl (C=O) groups excluding carboxylic acids is 1. The smallest absolute Gasteiger partial charge is 0.260 e. The quantitative estimate of drug-likeness (QED) is 0.779. The highest BCUT2D eigenvalue weighted by atomic mass is 35.5. The van der Waals surface area contributed by atoms with Crippen molar-refractivity contribution in [2.75, 3.05) is 39.3 Å². The van der Waals surface area contributed by atoms with Gasteiger partial charge in [0.05, 0.1) is 5.02 Å². The predicted octanol–water partition coefficient (Wildman–Crippen LogP) is 2.70. The maximum atomic E-state index is 12.1. The Bertz CT molecular complexity index is 514. The maximum Gasteiger partial charge on any atom is 0.260 e. The third-order valence-corrected chi connectivity index (χ3v) is 4.18. The first-order valence-electron chi connectivity index (χ1n) is 6.79. The molecule has 4 nitrogen and oxygen atoms in total. The molecule has 6 heteroatoms. The number of piperazine rings is 1. The van der Waals surface area contributed by atoms with E-state index in [0.29, 0.717) is 28.9 Å². The molecule has 0 spiro atoms. The average Bonchev–Trinajstić information content (AvgIpc) is 2.49. The average molecular weight is 329 g/mol. The minimum Gasteiger partial charge on any atom is -0.482 e. The molecular weight excluding hydrogens is 311 g/mol. The first-order valence-corrected chi connectivity index (χ1v) is 7.55. The molecule has 1 aromatic rings. The fourth-order valence-electron chi connectivity index (χ4n) is 2.19. The van der Waals surface area contributed by atoms with Gasteiger partial charge < -0.3 is 9.64 Å². The molecule has 1 amide bonds. The summed E-state index contributed by atoms with van der Waals surface area (Å²) in [4.78, 5) is 16.2. The third kappa shape index (κ3) is 4.37. The monoisotopic (exact) mass is 328 g/mol. The van der Waals surface area contributed by atoms with Gasteiger partial charge in [0.15, 0.2) is 6.61 Å². The van der Waals surface area contributed by atoms with E-state index in [1.807, 2.05) is 6.08 Å². The van der Waals surface area contributed by atoms with Crippen molar-refractivity contribution in [3.8, 4) is 5.75 Å². The second-order valence-corrected chi connectivity index (χ2v) is 5.60. The molecule has 0 unspecified atom stereocenters. The van der Waals surface area contributed by atoms with E-state index in [4.69, 9.17) is 27.9 Å². The van der Waals surface area contributed by atoms with Crippen molar-refractivity contribution in [1.82, 2.24) is 9.80 Å². The summed E-state index contributed by atoms with van der Waals surface area (Å²) >= 11 is 11.9. The molecule has 114 valence electrons. The molecule has 1 saturated heterocycles. The number of amides is 1. The van der Waals surface area contributed by atoms with Crippen LogP contribution >= 0.6 is 23.2 Å². The molecular formula is C15H18Cl2N2O2. The van der Waals surface area contributed by atoms with Crippen molar-refractivity contribution in [3.63, 3.8) is 0 Å². The van der Waals surface area contributed by atoms with Gasteiger partial charge in [0.1, 0.15) is 10.8 Å². The number of hydrogen-bond donors (Lipinski definition) is 0. The van der Waals surface area contributed by atoms with Gasteiger partial charge in [-0.1, -0.05) is 35.3 Å². The Kier molecular flexibility index (Phi) is 5.91. The van der Waals surface area contributed by atoms with Crippen molar-refractivity contribution < 1.29 is 9.53 Å². The van der Waals surface area contributed by atoms with Crippen molar-refractivity contribution in [1.29, 1.82) is 0 Å². The van der Waals surface area contributed by atoms with Crippen LogP contribution in [-0.4, -0.2) is 55.0 Å². The summed E-state index contributed by atoms with van der Waals surface area (Å²) in [5.74, 6) is 0.395. The van der Waals surface area contributed by atoms with Gasteiger partial charge >= 0.3 is 0 Å². The van der Waals surface area contributed by atoms with Crippen LogP contribution in [0, 0.1) is 0 Å². The fourth-order valence-corrected chi connectivity index (χ4v) is 2.54. The molecule has 1 fully saturated rings. The highest BCUT2D eigenvalue weighted by Gasteiger charge is 2.21. The number of nitrogens with zero attached hydrogens (tertiary/aromatic N) is 2. The van der Waals surface area contributed by atoms with E-state index >= 15 is 0 Å². The summed E-state index contributed by atoms with van der Waals surface area (Å²) in [7, 11) is 0. The summed E-state index contributed by atoms with van der Waals surface area (Å²) in [6, 6.07) is 5.11. The van der Waals surface area contributed by atoms with E-state index < -0.39 is 0 Å². The molecule has 1 heterocycles. The summed E-state index contributed by atoms with van der Waals surface area (Å²) in [5, 5.41) is 0.752. The molecule has 2 rings (SSSR count). The summed E-state index contributed by atoms with van der Waals surface area (Å²) < 4.78 is 5.47.